The third-order valence-corrected chi connectivity index (χ3v) is 2.57. The summed E-state index contributed by atoms with van der Waals surface area (Å²) in [5, 5.41) is 3.79. The molecule has 0 atom stereocenters. The molecule has 0 unspecified atom stereocenters. The molecule has 0 aliphatic carbocycles. The van der Waals surface area contributed by atoms with Crippen LogP contribution in [0, 0.1) is 5.92 Å². The zero-order chi connectivity index (χ0) is 13.5. The molecule has 0 heterocycles. The predicted molar refractivity (Wildman–Crippen MR) is 72.7 cm³/mol. The predicted octanol–water partition coefficient (Wildman–Crippen LogP) is 1.95. The van der Waals surface area contributed by atoms with Gasteiger partial charge in [0.05, 0.1) is 5.02 Å². The molecule has 18 heavy (non-hydrogen) atoms. The van der Waals surface area contributed by atoms with Crippen molar-refractivity contribution in [2.45, 2.75) is 20.4 Å². The van der Waals surface area contributed by atoms with Gasteiger partial charge in [-0.05, 0) is 18.5 Å². The van der Waals surface area contributed by atoms with Crippen molar-refractivity contribution in [3.63, 3.8) is 0 Å². The first-order valence-electron chi connectivity index (χ1n) is 5.90. The van der Waals surface area contributed by atoms with E-state index in [1.807, 2.05) is 12.1 Å². The van der Waals surface area contributed by atoms with Gasteiger partial charge in [-0.15, -0.1) is 0 Å². The van der Waals surface area contributed by atoms with E-state index in [0.717, 1.165) is 12.1 Å². The first-order valence-corrected chi connectivity index (χ1v) is 6.27. The molecule has 1 rings (SSSR count). The Morgan fingerprint density at radius 3 is 2.83 bits per heavy atom. The quantitative estimate of drug-likeness (QED) is 0.796. The van der Waals surface area contributed by atoms with Gasteiger partial charge in [0.1, 0.15) is 5.75 Å². The lowest BCUT2D eigenvalue weighted by Gasteiger charge is -2.13. The molecular weight excluding hydrogens is 252 g/mol. The maximum atomic E-state index is 10.7. The molecule has 0 saturated carbocycles. The van der Waals surface area contributed by atoms with Gasteiger partial charge in [0.25, 0.3) is 5.91 Å². The van der Waals surface area contributed by atoms with E-state index in [-0.39, 0.29) is 6.61 Å². The number of ether oxygens (including phenoxy) is 1. The number of amides is 1. The molecule has 100 valence electrons. The minimum absolute atomic E-state index is 0.166. The third kappa shape index (κ3) is 4.94. The Morgan fingerprint density at radius 2 is 2.22 bits per heavy atom. The fourth-order valence-electron chi connectivity index (χ4n) is 1.49. The molecule has 0 radical (unpaired) electrons. The number of benzene rings is 1. The summed E-state index contributed by atoms with van der Waals surface area (Å²) in [7, 11) is 0. The zero-order valence-electron chi connectivity index (χ0n) is 10.7. The molecule has 1 aromatic carbocycles. The lowest BCUT2D eigenvalue weighted by Crippen LogP contribution is -2.22. The van der Waals surface area contributed by atoms with E-state index < -0.39 is 5.91 Å². The van der Waals surface area contributed by atoms with E-state index >= 15 is 0 Å². The molecule has 1 aromatic rings. The molecule has 4 nitrogen and oxygen atoms in total. The highest BCUT2D eigenvalue weighted by atomic mass is 35.5. The summed E-state index contributed by atoms with van der Waals surface area (Å²) >= 11 is 6.05. The van der Waals surface area contributed by atoms with Gasteiger partial charge in [0.15, 0.2) is 6.61 Å². The Labute approximate surface area is 112 Å². The minimum Gasteiger partial charge on any atom is -0.482 e. The van der Waals surface area contributed by atoms with Crippen molar-refractivity contribution in [2.24, 2.45) is 11.7 Å². The van der Waals surface area contributed by atoms with E-state index in [9.17, 15) is 4.79 Å². The molecule has 0 spiro atoms. The molecule has 0 aliphatic heterocycles. The standard InChI is InChI=1S/C13H19ClN2O2/c1-9(2)6-16-7-10-4-3-5-11(14)13(10)18-8-12(15)17/h3-5,9,16H,6-8H2,1-2H3,(H2,15,17). The van der Waals surface area contributed by atoms with Gasteiger partial charge in [-0.2, -0.15) is 0 Å². The van der Waals surface area contributed by atoms with Gasteiger partial charge in [-0.3, -0.25) is 4.79 Å². The number of halogens is 1. The van der Waals surface area contributed by atoms with Crippen LogP contribution in [0.15, 0.2) is 18.2 Å². The van der Waals surface area contributed by atoms with Crippen molar-refractivity contribution in [2.75, 3.05) is 13.2 Å². The van der Waals surface area contributed by atoms with Crippen molar-refractivity contribution < 1.29 is 9.53 Å². The molecule has 1 amide bonds. The molecule has 0 bridgehead atoms. The van der Waals surface area contributed by atoms with Gasteiger partial charge in [0.2, 0.25) is 0 Å². The fourth-order valence-corrected chi connectivity index (χ4v) is 1.74. The Morgan fingerprint density at radius 1 is 1.50 bits per heavy atom. The van der Waals surface area contributed by atoms with Crippen molar-refractivity contribution in [1.82, 2.24) is 5.32 Å². The fraction of sp³-hybridized carbons (Fsp3) is 0.462. The van der Waals surface area contributed by atoms with Crippen LogP contribution in [0.3, 0.4) is 0 Å². The molecule has 0 aliphatic rings. The first-order chi connectivity index (χ1) is 8.50. The topological polar surface area (TPSA) is 64.3 Å². The summed E-state index contributed by atoms with van der Waals surface area (Å²) in [6.45, 7) is 5.65. The van der Waals surface area contributed by atoms with E-state index in [2.05, 4.69) is 19.2 Å². The molecule has 0 aromatic heterocycles. The SMILES string of the molecule is CC(C)CNCc1cccc(Cl)c1OCC(N)=O. The van der Waals surface area contributed by atoms with Crippen LogP contribution in [-0.2, 0) is 11.3 Å². The highest BCUT2D eigenvalue weighted by Crippen LogP contribution is 2.28. The van der Waals surface area contributed by atoms with Crippen LogP contribution in [0.2, 0.25) is 5.02 Å². The number of carbonyl (C=O) groups is 1. The van der Waals surface area contributed by atoms with Gasteiger partial charge in [-0.1, -0.05) is 37.6 Å². The van der Waals surface area contributed by atoms with Crippen molar-refractivity contribution in [1.29, 1.82) is 0 Å². The second-order valence-electron chi connectivity index (χ2n) is 4.51. The van der Waals surface area contributed by atoms with E-state index in [4.69, 9.17) is 22.1 Å². The molecule has 5 heteroatoms. The highest BCUT2D eigenvalue weighted by Gasteiger charge is 2.09. The number of carbonyl (C=O) groups excluding carboxylic acids is 1. The molecule has 0 fully saturated rings. The number of hydrogen-bond acceptors (Lipinski definition) is 3. The highest BCUT2D eigenvalue weighted by molar-refractivity contribution is 6.32. The number of primary amides is 1. The summed E-state index contributed by atoms with van der Waals surface area (Å²) in [6, 6.07) is 5.49. The summed E-state index contributed by atoms with van der Waals surface area (Å²) in [5.41, 5.74) is 5.98. The Kier molecular flexibility index (Phi) is 5.95. The number of nitrogens with two attached hydrogens (primary N) is 1. The van der Waals surface area contributed by atoms with Gasteiger partial charge in [0, 0.05) is 12.1 Å². The van der Waals surface area contributed by atoms with Crippen LogP contribution >= 0.6 is 11.6 Å². The summed E-state index contributed by atoms with van der Waals surface area (Å²) in [5.74, 6) is 0.574. The average Bonchev–Trinajstić information content (AvgIpc) is 2.27. The second kappa shape index (κ2) is 7.24. The van der Waals surface area contributed by atoms with Crippen LogP contribution in [0.25, 0.3) is 0 Å². The smallest absolute Gasteiger partial charge is 0.255 e. The molecular formula is C13H19ClN2O2. The number of para-hydroxylation sites is 1. The Hall–Kier alpha value is -1.26. The van der Waals surface area contributed by atoms with Crippen LogP contribution in [0.1, 0.15) is 19.4 Å². The average molecular weight is 271 g/mol. The number of nitrogens with one attached hydrogen (secondary N) is 1. The van der Waals surface area contributed by atoms with E-state index in [1.54, 1.807) is 6.07 Å². The summed E-state index contributed by atoms with van der Waals surface area (Å²) < 4.78 is 5.34. The largest absolute Gasteiger partial charge is 0.482 e. The maximum Gasteiger partial charge on any atom is 0.255 e. The van der Waals surface area contributed by atoms with Gasteiger partial charge < -0.3 is 15.8 Å². The molecule has 3 N–H and O–H groups in total. The minimum atomic E-state index is -0.518. The Balaban J connectivity index is 2.70. The number of rotatable bonds is 7. The second-order valence-corrected chi connectivity index (χ2v) is 4.92. The van der Waals surface area contributed by atoms with Gasteiger partial charge in [-0.25, -0.2) is 0 Å². The van der Waals surface area contributed by atoms with E-state index in [1.165, 1.54) is 0 Å². The van der Waals surface area contributed by atoms with Crippen molar-refractivity contribution in [3.05, 3.63) is 28.8 Å². The van der Waals surface area contributed by atoms with Crippen molar-refractivity contribution in [3.8, 4) is 5.75 Å². The lowest BCUT2D eigenvalue weighted by molar-refractivity contribution is -0.119. The van der Waals surface area contributed by atoms with Crippen LogP contribution in [0.5, 0.6) is 5.75 Å². The third-order valence-electron chi connectivity index (χ3n) is 2.28. The van der Waals surface area contributed by atoms with E-state index in [0.29, 0.717) is 23.2 Å². The van der Waals surface area contributed by atoms with Crippen LogP contribution in [-0.4, -0.2) is 19.1 Å². The lowest BCUT2D eigenvalue weighted by atomic mass is 10.2. The maximum absolute atomic E-state index is 10.7. The monoisotopic (exact) mass is 270 g/mol. The molecule has 0 saturated heterocycles. The summed E-state index contributed by atoms with van der Waals surface area (Å²) in [6.07, 6.45) is 0. The van der Waals surface area contributed by atoms with Crippen LogP contribution in [0.4, 0.5) is 0 Å². The normalized spacial score (nSPS) is 10.7. The first kappa shape index (κ1) is 14.8. The van der Waals surface area contributed by atoms with Gasteiger partial charge >= 0.3 is 0 Å². The van der Waals surface area contributed by atoms with Crippen LogP contribution < -0.4 is 15.8 Å². The zero-order valence-corrected chi connectivity index (χ0v) is 11.5. The van der Waals surface area contributed by atoms with Crippen molar-refractivity contribution >= 4 is 17.5 Å². The Bertz CT molecular complexity index is 408. The summed E-state index contributed by atoms with van der Waals surface area (Å²) in [4.78, 5) is 10.7. The number of hydrogen-bond donors (Lipinski definition) is 2.